The number of benzene rings is 2. The van der Waals surface area contributed by atoms with Gasteiger partial charge in [-0.3, -0.25) is 9.59 Å². The number of amides is 2. The number of likely N-dealkylation sites (tertiary alicyclic amines) is 1. The molecule has 2 aromatic rings. The number of hydrogen-bond donors (Lipinski definition) is 0. The van der Waals surface area contributed by atoms with E-state index in [0.717, 1.165) is 56.4 Å². The molecule has 0 radical (unpaired) electrons. The van der Waals surface area contributed by atoms with Crippen LogP contribution in [0.25, 0.3) is 0 Å². The number of aryl methyl sites for hydroxylation is 1. The summed E-state index contributed by atoms with van der Waals surface area (Å²) in [6.45, 7) is 4.51. The molecule has 0 saturated carbocycles. The molecule has 2 aromatic carbocycles. The van der Waals surface area contributed by atoms with Crippen molar-refractivity contribution in [2.24, 2.45) is 11.8 Å². The molecule has 5 rings (SSSR count). The molecular formula is C29H37N3O4S. The molecule has 198 valence electrons. The highest BCUT2D eigenvalue weighted by atomic mass is 32.2. The summed E-state index contributed by atoms with van der Waals surface area (Å²) in [6, 6.07) is 15.7. The minimum absolute atomic E-state index is 0.0243. The number of sulfonamides is 1. The van der Waals surface area contributed by atoms with Crippen LogP contribution in [0, 0.1) is 11.8 Å². The molecule has 0 aliphatic carbocycles. The van der Waals surface area contributed by atoms with E-state index in [1.165, 1.54) is 16.8 Å². The van der Waals surface area contributed by atoms with Crippen molar-refractivity contribution < 1.29 is 18.0 Å². The van der Waals surface area contributed by atoms with E-state index in [9.17, 15) is 18.0 Å². The predicted octanol–water partition coefficient (Wildman–Crippen LogP) is 3.87. The second kappa shape index (κ2) is 11.0. The van der Waals surface area contributed by atoms with Crippen molar-refractivity contribution >= 4 is 27.5 Å². The molecule has 0 aromatic heterocycles. The number of fused-ring (bicyclic) bond motifs is 1. The Balaban J connectivity index is 1.15. The summed E-state index contributed by atoms with van der Waals surface area (Å²) in [5.74, 6) is 0.666. The van der Waals surface area contributed by atoms with Crippen molar-refractivity contribution in [3.63, 3.8) is 0 Å². The lowest BCUT2D eigenvalue weighted by molar-refractivity contribution is -0.138. The van der Waals surface area contributed by atoms with Crippen LogP contribution in [0.4, 0.5) is 5.69 Å². The van der Waals surface area contributed by atoms with Crippen LogP contribution < -0.4 is 4.90 Å². The lowest BCUT2D eigenvalue weighted by atomic mass is 9.89. The van der Waals surface area contributed by atoms with Crippen LogP contribution in [-0.4, -0.2) is 62.2 Å². The first kappa shape index (κ1) is 25.9. The predicted molar refractivity (Wildman–Crippen MR) is 144 cm³/mol. The molecule has 3 aliphatic rings. The first-order valence-electron chi connectivity index (χ1n) is 13.6. The van der Waals surface area contributed by atoms with Crippen LogP contribution in [0.1, 0.15) is 50.2 Å². The molecule has 2 fully saturated rings. The van der Waals surface area contributed by atoms with Gasteiger partial charge in [0.15, 0.2) is 0 Å². The van der Waals surface area contributed by atoms with Crippen LogP contribution in [0.2, 0.25) is 0 Å². The van der Waals surface area contributed by atoms with Crippen molar-refractivity contribution in [1.29, 1.82) is 0 Å². The molecule has 0 N–H and O–H groups in total. The Morgan fingerprint density at radius 3 is 2.27 bits per heavy atom. The number of hydrogen-bond acceptors (Lipinski definition) is 4. The number of nitrogens with zero attached hydrogens (tertiary/aromatic N) is 3. The van der Waals surface area contributed by atoms with Crippen LogP contribution in [0.15, 0.2) is 53.4 Å². The van der Waals surface area contributed by atoms with Gasteiger partial charge in [0.25, 0.3) is 0 Å². The monoisotopic (exact) mass is 523 g/mol. The molecule has 0 bridgehead atoms. The summed E-state index contributed by atoms with van der Waals surface area (Å²) >= 11 is 0. The fourth-order valence-electron chi connectivity index (χ4n) is 6.12. The van der Waals surface area contributed by atoms with Gasteiger partial charge in [0.05, 0.1) is 4.90 Å². The molecule has 3 aliphatic heterocycles. The smallest absolute Gasteiger partial charge is 0.243 e. The summed E-state index contributed by atoms with van der Waals surface area (Å²) in [4.78, 5) is 29.2. The molecule has 0 spiro atoms. The third-order valence-electron chi connectivity index (χ3n) is 8.28. The van der Waals surface area contributed by atoms with E-state index in [-0.39, 0.29) is 22.6 Å². The van der Waals surface area contributed by atoms with Crippen molar-refractivity contribution in [1.82, 2.24) is 9.21 Å². The largest absolute Gasteiger partial charge is 0.342 e. The van der Waals surface area contributed by atoms with Crippen molar-refractivity contribution in [3.8, 4) is 0 Å². The Morgan fingerprint density at radius 1 is 0.892 bits per heavy atom. The molecule has 8 heteroatoms. The highest BCUT2D eigenvalue weighted by Gasteiger charge is 2.35. The second-order valence-corrected chi connectivity index (χ2v) is 12.6. The van der Waals surface area contributed by atoms with Crippen molar-refractivity contribution in [2.75, 3.05) is 37.6 Å². The Morgan fingerprint density at radius 2 is 1.59 bits per heavy atom. The number of carbonyl (C=O) groups is 2. The van der Waals surface area contributed by atoms with E-state index >= 15 is 0 Å². The summed E-state index contributed by atoms with van der Waals surface area (Å²) in [7, 11) is -3.64. The van der Waals surface area contributed by atoms with Gasteiger partial charge in [0.1, 0.15) is 0 Å². The third-order valence-corrected chi connectivity index (χ3v) is 10.2. The van der Waals surface area contributed by atoms with Gasteiger partial charge >= 0.3 is 0 Å². The van der Waals surface area contributed by atoms with Crippen LogP contribution in [0.3, 0.4) is 0 Å². The molecular weight excluding hydrogens is 486 g/mol. The first-order valence-corrected chi connectivity index (χ1v) is 15.0. The van der Waals surface area contributed by atoms with E-state index in [0.29, 0.717) is 38.4 Å². The van der Waals surface area contributed by atoms with E-state index in [4.69, 9.17) is 0 Å². The maximum absolute atomic E-state index is 13.4. The average molecular weight is 524 g/mol. The summed E-state index contributed by atoms with van der Waals surface area (Å²) < 4.78 is 28.3. The minimum Gasteiger partial charge on any atom is -0.342 e. The Kier molecular flexibility index (Phi) is 7.67. The molecule has 0 unspecified atom stereocenters. The number of carbonyl (C=O) groups excluding carboxylic acids is 2. The maximum Gasteiger partial charge on any atom is 0.243 e. The van der Waals surface area contributed by atoms with Gasteiger partial charge in [0.2, 0.25) is 21.8 Å². The van der Waals surface area contributed by atoms with Crippen LogP contribution in [0.5, 0.6) is 0 Å². The van der Waals surface area contributed by atoms with E-state index in [1.54, 1.807) is 23.1 Å². The number of piperidine rings is 2. The van der Waals surface area contributed by atoms with Gasteiger partial charge < -0.3 is 9.80 Å². The molecule has 7 nitrogen and oxygen atoms in total. The molecule has 2 amide bonds. The fraction of sp³-hybridized carbons (Fsp3) is 0.517. The molecule has 3 heterocycles. The quantitative estimate of drug-likeness (QED) is 0.596. The maximum atomic E-state index is 13.4. The van der Waals surface area contributed by atoms with Gasteiger partial charge in [0, 0.05) is 51.3 Å². The van der Waals surface area contributed by atoms with Gasteiger partial charge in [-0.05, 0) is 80.2 Å². The van der Waals surface area contributed by atoms with Gasteiger partial charge in [-0.15, -0.1) is 0 Å². The number of anilines is 1. The third kappa shape index (κ3) is 5.60. The topological polar surface area (TPSA) is 78.0 Å². The summed E-state index contributed by atoms with van der Waals surface area (Å²) in [6.07, 6.45) is 5.82. The van der Waals surface area contributed by atoms with Crippen LogP contribution >= 0.6 is 0 Å². The van der Waals surface area contributed by atoms with E-state index < -0.39 is 10.0 Å². The van der Waals surface area contributed by atoms with E-state index in [2.05, 4.69) is 24.3 Å². The molecule has 0 atom stereocenters. The average Bonchev–Trinajstić information content (AvgIpc) is 2.93. The van der Waals surface area contributed by atoms with Gasteiger partial charge in [-0.25, -0.2) is 8.42 Å². The Bertz CT molecular complexity index is 1230. The Hall–Kier alpha value is -2.71. The highest BCUT2D eigenvalue weighted by Crippen LogP contribution is 2.32. The first-order chi connectivity index (χ1) is 17.8. The SMILES string of the molecule is CC(=O)N1CCCc2cc(S(=O)(=O)N3CCC(C(=O)N4CCC(Cc5ccccc5)CC4)CC3)ccc21. The second-order valence-electron chi connectivity index (χ2n) is 10.7. The van der Waals surface area contributed by atoms with Crippen molar-refractivity contribution in [2.45, 2.75) is 56.8 Å². The fourth-order valence-corrected chi connectivity index (χ4v) is 7.64. The lowest BCUT2D eigenvalue weighted by Gasteiger charge is -2.37. The molecule has 37 heavy (non-hydrogen) atoms. The standard InChI is InChI=1S/C29H37N3O4S/c1-22(33)32-15-5-8-26-21-27(9-10-28(26)32)37(35,36)31-18-13-25(14-19-31)29(34)30-16-11-24(12-17-30)20-23-6-3-2-4-7-23/h2-4,6-7,9-10,21,24-25H,5,8,11-20H2,1H3. The zero-order chi connectivity index (χ0) is 26.0. The van der Waals surface area contributed by atoms with Crippen LogP contribution in [-0.2, 0) is 32.5 Å². The summed E-state index contributed by atoms with van der Waals surface area (Å²) in [5.41, 5.74) is 3.08. The lowest BCUT2D eigenvalue weighted by Crippen LogP contribution is -2.46. The van der Waals surface area contributed by atoms with E-state index in [1.807, 2.05) is 11.0 Å². The highest BCUT2D eigenvalue weighted by molar-refractivity contribution is 7.89. The Labute approximate surface area is 220 Å². The normalized spacial score (nSPS) is 20.0. The zero-order valence-corrected chi connectivity index (χ0v) is 22.5. The van der Waals surface area contributed by atoms with Crippen molar-refractivity contribution in [3.05, 3.63) is 59.7 Å². The summed E-state index contributed by atoms with van der Waals surface area (Å²) in [5, 5.41) is 0. The zero-order valence-electron chi connectivity index (χ0n) is 21.6. The minimum atomic E-state index is -3.64. The van der Waals surface area contributed by atoms with Gasteiger partial charge in [-0.1, -0.05) is 30.3 Å². The molecule has 2 saturated heterocycles. The van der Waals surface area contributed by atoms with Gasteiger partial charge in [-0.2, -0.15) is 4.31 Å². The number of rotatable bonds is 5.